The lowest BCUT2D eigenvalue weighted by Crippen LogP contribution is -2.32. The molecule has 3 rings (SSSR count). The second-order valence-electron chi connectivity index (χ2n) is 6.83. The van der Waals surface area contributed by atoms with E-state index in [1.165, 1.54) is 6.20 Å². The van der Waals surface area contributed by atoms with E-state index in [-0.39, 0.29) is 11.4 Å². The molecule has 0 bridgehead atoms. The van der Waals surface area contributed by atoms with Gasteiger partial charge in [0.05, 0.1) is 0 Å². The van der Waals surface area contributed by atoms with E-state index < -0.39 is 0 Å². The van der Waals surface area contributed by atoms with E-state index in [2.05, 4.69) is 35.6 Å². The summed E-state index contributed by atoms with van der Waals surface area (Å²) >= 11 is 0. The Morgan fingerprint density at radius 2 is 2.09 bits per heavy atom. The SMILES string of the molecule is CC(C)(C)c1ncc2c(n1)CCN(Cc1cccnc1F)C2. The van der Waals surface area contributed by atoms with Gasteiger partial charge in [0.2, 0.25) is 5.95 Å². The zero-order valence-electron chi connectivity index (χ0n) is 13.3. The van der Waals surface area contributed by atoms with Crippen LogP contribution in [0.5, 0.6) is 0 Å². The van der Waals surface area contributed by atoms with Gasteiger partial charge >= 0.3 is 0 Å². The van der Waals surface area contributed by atoms with Crippen LogP contribution in [-0.2, 0) is 24.9 Å². The maximum Gasteiger partial charge on any atom is 0.217 e. The van der Waals surface area contributed by atoms with Gasteiger partial charge in [-0.3, -0.25) is 4.90 Å². The largest absolute Gasteiger partial charge is 0.294 e. The third-order valence-corrected chi connectivity index (χ3v) is 3.91. The quantitative estimate of drug-likeness (QED) is 0.800. The standard InChI is InChI=1S/C17H21FN4/c1-17(2,3)16-20-9-13-11-22(8-6-14(13)21-16)10-12-5-4-7-19-15(12)18/h4-5,7,9H,6,8,10-11H2,1-3H3. The van der Waals surface area contributed by atoms with Gasteiger partial charge in [0.1, 0.15) is 5.82 Å². The molecule has 3 heterocycles. The van der Waals surface area contributed by atoms with Crippen molar-refractivity contribution in [1.29, 1.82) is 0 Å². The summed E-state index contributed by atoms with van der Waals surface area (Å²) in [5.41, 5.74) is 2.87. The van der Waals surface area contributed by atoms with Crippen molar-refractivity contribution >= 4 is 0 Å². The van der Waals surface area contributed by atoms with Crippen molar-refractivity contribution in [2.75, 3.05) is 6.54 Å². The highest BCUT2D eigenvalue weighted by molar-refractivity contribution is 5.23. The zero-order valence-corrected chi connectivity index (χ0v) is 13.3. The van der Waals surface area contributed by atoms with Crippen LogP contribution in [0, 0.1) is 5.95 Å². The van der Waals surface area contributed by atoms with E-state index in [1.54, 1.807) is 12.1 Å². The average Bonchev–Trinajstić information content (AvgIpc) is 2.48. The van der Waals surface area contributed by atoms with E-state index in [0.29, 0.717) is 12.1 Å². The summed E-state index contributed by atoms with van der Waals surface area (Å²) in [7, 11) is 0. The number of pyridine rings is 1. The molecule has 0 fully saturated rings. The Labute approximate surface area is 130 Å². The third kappa shape index (κ3) is 3.14. The maximum absolute atomic E-state index is 13.7. The van der Waals surface area contributed by atoms with Crippen LogP contribution in [0.15, 0.2) is 24.5 Å². The molecule has 0 saturated heterocycles. The normalized spacial score (nSPS) is 15.6. The van der Waals surface area contributed by atoms with Gasteiger partial charge in [0.25, 0.3) is 0 Å². The molecule has 0 radical (unpaired) electrons. The Hall–Kier alpha value is -1.88. The van der Waals surface area contributed by atoms with Crippen LogP contribution in [0.2, 0.25) is 0 Å². The van der Waals surface area contributed by atoms with E-state index in [1.807, 2.05) is 6.20 Å². The van der Waals surface area contributed by atoms with Crippen LogP contribution in [0.25, 0.3) is 0 Å². The van der Waals surface area contributed by atoms with Gasteiger partial charge in [-0.1, -0.05) is 26.8 Å². The average molecular weight is 300 g/mol. The molecule has 0 aliphatic carbocycles. The predicted octanol–water partition coefficient (Wildman–Crippen LogP) is 2.87. The lowest BCUT2D eigenvalue weighted by Gasteiger charge is -2.29. The van der Waals surface area contributed by atoms with Gasteiger partial charge in [-0.05, 0) is 6.07 Å². The van der Waals surface area contributed by atoms with Crippen LogP contribution in [0.4, 0.5) is 4.39 Å². The van der Waals surface area contributed by atoms with Crippen molar-refractivity contribution in [2.45, 2.75) is 45.7 Å². The molecule has 0 saturated carbocycles. The Bertz CT molecular complexity index is 679. The third-order valence-electron chi connectivity index (χ3n) is 3.91. The first-order valence-corrected chi connectivity index (χ1v) is 7.60. The number of halogens is 1. The van der Waals surface area contributed by atoms with Crippen molar-refractivity contribution in [2.24, 2.45) is 0 Å². The van der Waals surface area contributed by atoms with Crippen molar-refractivity contribution in [1.82, 2.24) is 19.9 Å². The summed E-state index contributed by atoms with van der Waals surface area (Å²) in [6, 6.07) is 3.56. The van der Waals surface area contributed by atoms with Crippen LogP contribution in [0.1, 0.15) is 43.4 Å². The Kier molecular flexibility index (Phi) is 3.91. The van der Waals surface area contributed by atoms with Gasteiger partial charge in [-0.15, -0.1) is 0 Å². The summed E-state index contributed by atoms with van der Waals surface area (Å²) < 4.78 is 13.7. The molecule has 0 unspecified atom stereocenters. The summed E-state index contributed by atoms with van der Waals surface area (Å²) in [6.45, 7) is 8.56. The van der Waals surface area contributed by atoms with Crippen molar-refractivity contribution in [3.05, 3.63) is 53.1 Å². The van der Waals surface area contributed by atoms with Crippen LogP contribution in [0.3, 0.4) is 0 Å². The number of rotatable bonds is 2. The topological polar surface area (TPSA) is 41.9 Å². The van der Waals surface area contributed by atoms with Gasteiger partial charge in [0, 0.05) is 60.7 Å². The smallest absolute Gasteiger partial charge is 0.217 e. The predicted molar refractivity (Wildman–Crippen MR) is 82.7 cm³/mol. The van der Waals surface area contributed by atoms with Gasteiger partial charge < -0.3 is 0 Å². The van der Waals surface area contributed by atoms with E-state index >= 15 is 0 Å². The van der Waals surface area contributed by atoms with Crippen LogP contribution in [-0.4, -0.2) is 26.4 Å². The first-order chi connectivity index (χ1) is 10.4. The minimum Gasteiger partial charge on any atom is -0.294 e. The molecular weight excluding hydrogens is 279 g/mol. The van der Waals surface area contributed by atoms with E-state index in [0.717, 1.165) is 36.6 Å². The Morgan fingerprint density at radius 1 is 1.27 bits per heavy atom. The minimum atomic E-state index is -0.382. The molecule has 116 valence electrons. The molecule has 0 N–H and O–H groups in total. The second-order valence-corrected chi connectivity index (χ2v) is 6.83. The minimum absolute atomic E-state index is 0.0367. The highest BCUT2D eigenvalue weighted by Crippen LogP contribution is 2.23. The fourth-order valence-corrected chi connectivity index (χ4v) is 2.65. The molecule has 0 aromatic carbocycles. The highest BCUT2D eigenvalue weighted by atomic mass is 19.1. The fraction of sp³-hybridized carbons (Fsp3) is 0.471. The lowest BCUT2D eigenvalue weighted by atomic mass is 9.95. The summed E-state index contributed by atoms with van der Waals surface area (Å²) in [5.74, 6) is 0.505. The van der Waals surface area contributed by atoms with E-state index in [9.17, 15) is 4.39 Å². The molecule has 22 heavy (non-hydrogen) atoms. The fourth-order valence-electron chi connectivity index (χ4n) is 2.65. The summed E-state index contributed by atoms with van der Waals surface area (Å²) in [4.78, 5) is 15.1. The highest BCUT2D eigenvalue weighted by Gasteiger charge is 2.23. The molecule has 2 aromatic rings. The first kappa shape index (κ1) is 15.0. The molecule has 5 heteroatoms. The molecule has 0 spiro atoms. The summed E-state index contributed by atoms with van der Waals surface area (Å²) in [5, 5.41) is 0. The molecule has 1 aliphatic rings. The molecule has 0 atom stereocenters. The number of nitrogens with zero attached hydrogens (tertiary/aromatic N) is 4. The number of hydrogen-bond acceptors (Lipinski definition) is 4. The first-order valence-electron chi connectivity index (χ1n) is 7.60. The number of aromatic nitrogens is 3. The van der Waals surface area contributed by atoms with E-state index in [4.69, 9.17) is 4.98 Å². The molecular formula is C17H21FN4. The van der Waals surface area contributed by atoms with Crippen molar-refractivity contribution in [3.63, 3.8) is 0 Å². The summed E-state index contributed by atoms with van der Waals surface area (Å²) in [6.07, 6.45) is 4.28. The number of hydrogen-bond donors (Lipinski definition) is 0. The van der Waals surface area contributed by atoms with Crippen LogP contribution >= 0.6 is 0 Å². The van der Waals surface area contributed by atoms with Gasteiger partial charge in [-0.25, -0.2) is 15.0 Å². The molecule has 4 nitrogen and oxygen atoms in total. The zero-order chi connectivity index (χ0) is 15.7. The van der Waals surface area contributed by atoms with Gasteiger partial charge in [-0.2, -0.15) is 4.39 Å². The molecule has 1 aliphatic heterocycles. The Morgan fingerprint density at radius 3 is 2.82 bits per heavy atom. The van der Waals surface area contributed by atoms with Crippen molar-refractivity contribution in [3.8, 4) is 0 Å². The molecule has 2 aromatic heterocycles. The lowest BCUT2D eigenvalue weighted by molar-refractivity contribution is 0.238. The Balaban J connectivity index is 1.76. The number of fused-ring (bicyclic) bond motifs is 1. The van der Waals surface area contributed by atoms with Gasteiger partial charge in [0.15, 0.2) is 0 Å². The molecule has 0 amide bonds. The maximum atomic E-state index is 13.7. The monoisotopic (exact) mass is 300 g/mol. The second kappa shape index (κ2) is 5.72. The van der Waals surface area contributed by atoms with Crippen LogP contribution < -0.4 is 0 Å². The van der Waals surface area contributed by atoms with Crippen molar-refractivity contribution < 1.29 is 4.39 Å².